The summed E-state index contributed by atoms with van der Waals surface area (Å²) in [5, 5.41) is 0. The molecule has 0 amide bonds. The number of ether oxygens (including phenoxy) is 1. The van der Waals surface area contributed by atoms with Crippen LogP contribution in [0.1, 0.15) is 39.0 Å². The molecule has 0 aliphatic heterocycles. The lowest BCUT2D eigenvalue weighted by molar-refractivity contribution is 0.123. The predicted molar refractivity (Wildman–Crippen MR) is 55.4 cm³/mol. The largest absolute Gasteiger partial charge is 0.381 e. The number of methoxy groups -OCH3 is 1. The van der Waals surface area contributed by atoms with E-state index in [-0.39, 0.29) is 6.10 Å². The summed E-state index contributed by atoms with van der Waals surface area (Å²) < 4.78 is 5.12. The molecule has 1 rings (SSSR count). The van der Waals surface area contributed by atoms with Crippen molar-refractivity contribution < 1.29 is 4.74 Å². The second-order valence-corrected chi connectivity index (χ2v) is 3.53. The monoisotopic (exact) mass is 178 g/mol. The van der Waals surface area contributed by atoms with Crippen LogP contribution in [0.4, 0.5) is 0 Å². The minimum atomic E-state index is 0.261. The molecule has 0 saturated carbocycles. The summed E-state index contributed by atoms with van der Waals surface area (Å²) >= 11 is 0. The van der Waals surface area contributed by atoms with Gasteiger partial charge in [-0.1, -0.05) is 17.9 Å². The molecule has 0 aromatic rings. The van der Waals surface area contributed by atoms with E-state index in [0.717, 1.165) is 6.42 Å². The third-order valence-electron chi connectivity index (χ3n) is 2.33. The lowest BCUT2D eigenvalue weighted by Gasteiger charge is -2.06. The smallest absolute Gasteiger partial charge is 0.0652 e. The highest BCUT2D eigenvalue weighted by molar-refractivity contribution is 5.29. The fourth-order valence-electron chi connectivity index (χ4n) is 1.34. The first-order valence-corrected chi connectivity index (χ1v) is 5.03. The molecule has 1 unspecified atom stereocenters. The highest BCUT2D eigenvalue weighted by Gasteiger charge is 1.99. The van der Waals surface area contributed by atoms with Gasteiger partial charge in [0.2, 0.25) is 0 Å². The van der Waals surface area contributed by atoms with Gasteiger partial charge >= 0.3 is 0 Å². The first-order chi connectivity index (χ1) is 6.33. The number of rotatable bonds is 2. The van der Waals surface area contributed by atoms with E-state index in [4.69, 9.17) is 4.74 Å². The van der Waals surface area contributed by atoms with Crippen LogP contribution in [0.2, 0.25) is 0 Å². The molecule has 1 aliphatic rings. The topological polar surface area (TPSA) is 9.23 Å². The zero-order valence-corrected chi connectivity index (χ0v) is 8.60. The molecule has 0 bridgehead atoms. The summed E-state index contributed by atoms with van der Waals surface area (Å²) in [6.07, 6.45) is 8.40. The third-order valence-corrected chi connectivity index (χ3v) is 2.33. The Hall–Kier alpha value is -0.740. The van der Waals surface area contributed by atoms with E-state index in [1.165, 1.54) is 31.3 Å². The van der Waals surface area contributed by atoms with E-state index in [9.17, 15) is 0 Å². The van der Waals surface area contributed by atoms with Crippen LogP contribution in [-0.4, -0.2) is 13.2 Å². The summed E-state index contributed by atoms with van der Waals surface area (Å²) in [6.45, 7) is 2.05. The number of allylic oxidation sites excluding steroid dienone is 2. The molecular formula is C12H18O. The predicted octanol–water partition coefficient (Wildman–Crippen LogP) is 2.92. The standard InChI is InChI=1S/C12H18O/c1-11(13-2)7-6-10-12-8-4-3-5-9-12/h8,11H,3-5,7,9H2,1-2H3. The Labute approximate surface area is 81.2 Å². The molecule has 1 aliphatic carbocycles. The van der Waals surface area contributed by atoms with Gasteiger partial charge in [-0.25, -0.2) is 0 Å². The maximum Gasteiger partial charge on any atom is 0.0652 e. The van der Waals surface area contributed by atoms with Gasteiger partial charge in [0.05, 0.1) is 6.10 Å². The number of hydrogen-bond donors (Lipinski definition) is 0. The molecular weight excluding hydrogens is 160 g/mol. The normalized spacial score (nSPS) is 18.5. The van der Waals surface area contributed by atoms with E-state index in [2.05, 4.69) is 17.9 Å². The van der Waals surface area contributed by atoms with Crippen molar-refractivity contribution in [2.75, 3.05) is 7.11 Å². The van der Waals surface area contributed by atoms with Crippen LogP contribution >= 0.6 is 0 Å². The minimum Gasteiger partial charge on any atom is -0.381 e. The fourth-order valence-corrected chi connectivity index (χ4v) is 1.34. The Balaban J connectivity index is 2.33. The molecule has 0 aromatic carbocycles. The van der Waals surface area contributed by atoms with Gasteiger partial charge in [0.25, 0.3) is 0 Å². The Kier molecular flexibility index (Phi) is 4.64. The molecule has 72 valence electrons. The van der Waals surface area contributed by atoms with Gasteiger partial charge in [-0.3, -0.25) is 0 Å². The highest BCUT2D eigenvalue weighted by atomic mass is 16.5. The maximum atomic E-state index is 5.12. The first kappa shape index (κ1) is 10.3. The lowest BCUT2D eigenvalue weighted by atomic mass is 10.00. The van der Waals surface area contributed by atoms with Crippen LogP contribution in [0.15, 0.2) is 11.6 Å². The molecule has 0 aromatic heterocycles. The number of hydrogen-bond acceptors (Lipinski definition) is 1. The van der Waals surface area contributed by atoms with Crippen LogP contribution in [0.5, 0.6) is 0 Å². The second kappa shape index (κ2) is 5.83. The molecule has 1 atom stereocenters. The maximum absolute atomic E-state index is 5.12. The van der Waals surface area contributed by atoms with E-state index in [0.29, 0.717) is 0 Å². The summed E-state index contributed by atoms with van der Waals surface area (Å²) in [5.41, 5.74) is 1.33. The molecule has 0 fully saturated rings. The molecule has 13 heavy (non-hydrogen) atoms. The van der Waals surface area contributed by atoms with Crippen molar-refractivity contribution in [2.24, 2.45) is 0 Å². The van der Waals surface area contributed by atoms with Gasteiger partial charge in [0.15, 0.2) is 0 Å². The van der Waals surface area contributed by atoms with Gasteiger partial charge in [0, 0.05) is 13.5 Å². The SMILES string of the molecule is COC(C)CC#CC1=CCCCC1. The van der Waals surface area contributed by atoms with Crippen molar-refractivity contribution in [1.29, 1.82) is 0 Å². The third kappa shape index (κ3) is 4.15. The van der Waals surface area contributed by atoms with Crippen LogP contribution in [0, 0.1) is 11.8 Å². The molecule has 0 heterocycles. The van der Waals surface area contributed by atoms with Crippen LogP contribution in [-0.2, 0) is 4.74 Å². The Bertz CT molecular complexity index is 229. The van der Waals surface area contributed by atoms with Crippen LogP contribution in [0.3, 0.4) is 0 Å². The Morgan fingerprint density at radius 3 is 3.00 bits per heavy atom. The molecule has 1 heteroatoms. The first-order valence-electron chi connectivity index (χ1n) is 5.03. The summed E-state index contributed by atoms with van der Waals surface area (Å²) in [6, 6.07) is 0. The van der Waals surface area contributed by atoms with E-state index in [1.807, 2.05) is 6.92 Å². The van der Waals surface area contributed by atoms with Crippen molar-refractivity contribution >= 4 is 0 Å². The van der Waals surface area contributed by atoms with Gasteiger partial charge < -0.3 is 4.74 Å². The molecule has 0 saturated heterocycles. The highest BCUT2D eigenvalue weighted by Crippen LogP contribution is 2.16. The second-order valence-electron chi connectivity index (χ2n) is 3.53. The van der Waals surface area contributed by atoms with Crippen LogP contribution in [0.25, 0.3) is 0 Å². The van der Waals surface area contributed by atoms with Gasteiger partial charge in [-0.15, -0.1) is 0 Å². The molecule has 0 N–H and O–H groups in total. The van der Waals surface area contributed by atoms with E-state index in [1.54, 1.807) is 7.11 Å². The van der Waals surface area contributed by atoms with Gasteiger partial charge in [-0.2, -0.15) is 0 Å². The van der Waals surface area contributed by atoms with Crippen molar-refractivity contribution in [3.8, 4) is 11.8 Å². The zero-order valence-electron chi connectivity index (χ0n) is 8.60. The van der Waals surface area contributed by atoms with Gasteiger partial charge in [0.1, 0.15) is 0 Å². The minimum absolute atomic E-state index is 0.261. The van der Waals surface area contributed by atoms with Crippen molar-refractivity contribution in [3.63, 3.8) is 0 Å². The zero-order chi connectivity index (χ0) is 9.52. The van der Waals surface area contributed by atoms with E-state index < -0.39 is 0 Å². The van der Waals surface area contributed by atoms with E-state index >= 15 is 0 Å². The average molecular weight is 178 g/mol. The lowest BCUT2D eigenvalue weighted by Crippen LogP contribution is -2.02. The summed E-state index contributed by atoms with van der Waals surface area (Å²) in [5.74, 6) is 6.38. The quantitative estimate of drug-likeness (QED) is 0.591. The molecule has 0 radical (unpaired) electrons. The van der Waals surface area contributed by atoms with Crippen molar-refractivity contribution in [2.45, 2.75) is 45.1 Å². The average Bonchev–Trinajstić information content (AvgIpc) is 2.19. The summed E-state index contributed by atoms with van der Waals surface area (Å²) in [4.78, 5) is 0. The van der Waals surface area contributed by atoms with Crippen molar-refractivity contribution in [3.05, 3.63) is 11.6 Å². The summed E-state index contributed by atoms with van der Waals surface area (Å²) in [7, 11) is 1.73. The molecule has 1 nitrogen and oxygen atoms in total. The van der Waals surface area contributed by atoms with Crippen molar-refractivity contribution in [1.82, 2.24) is 0 Å². The Morgan fingerprint density at radius 2 is 2.38 bits per heavy atom. The Morgan fingerprint density at radius 1 is 1.54 bits per heavy atom. The molecule has 0 spiro atoms. The van der Waals surface area contributed by atoms with Crippen LogP contribution < -0.4 is 0 Å². The fraction of sp³-hybridized carbons (Fsp3) is 0.667. The van der Waals surface area contributed by atoms with Gasteiger partial charge in [-0.05, 0) is 38.2 Å².